The van der Waals surface area contributed by atoms with Crippen molar-refractivity contribution >= 4 is 17.6 Å². The maximum absolute atomic E-state index is 10.9. The number of carbonyl (C=O) groups excluding carboxylic acids is 1. The van der Waals surface area contributed by atoms with Gasteiger partial charge >= 0.3 is 5.97 Å². The molecular weight excluding hydrogens is 180 g/mol. The van der Waals surface area contributed by atoms with Gasteiger partial charge in [-0.2, -0.15) is 0 Å². The van der Waals surface area contributed by atoms with Crippen LogP contribution in [0.2, 0.25) is 5.15 Å². The second kappa shape index (κ2) is 3.49. The fourth-order valence-corrected chi connectivity index (χ4v) is 0.966. The van der Waals surface area contributed by atoms with Crippen molar-refractivity contribution in [3.05, 3.63) is 22.7 Å². The highest BCUT2D eigenvalue weighted by Gasteiger charge is 2.08. The average molecular weight is 187 g/mol. The van der Waals surface area contributed by atoms with Crippen LogP contribution in [0.3, 0.4) is 0 Å². The Bertz CT molecular complexity index is 294. The van der Waals surface area contributed by atoms with E-state index < -0.39 is 5.97 Å². The molecule has 0 aliphatic carbocycles. The highest BCUT2D eigenvalue weighted by atomic mass is 35.5. The van der Waals surface area contributed by atoms with E-state index in [1.54, 1.807) is 6.92 Å². The van der Waals surface area contributed by atoms with Gasteiger partial charge in [0.25, 0.3) is 0 Å². The molecule has 0 aromatic carbocycles. The zero-order chi connectivity index (χ0) is 9.14. The normalized spacial score (nSPS) is 9.58. The van der Waals surface area contributed by atoms with Crippen LogP contribution in [0.25, 0.3) is 0 Å². The van der Waals surface area contributed by atoms with E-state index >= 15 is 0 Å². The Morgan fingerprint density at radius 3 is 2.75 bits per heavy atom. The zero-order valence-corrected chi connectivity index (χ0v) is 7.42. The molecule has 1 rings (SSSR count). The van der Waals surface area contributed by atoms with Gasteiger partial charge in [-0.1, -0.05) is 11.6 Å². The minimum absolute atomic E-state index is 0.176. The first-order chi connectivity index (χ1) is 5.63. The predicted molar refractivity (Wildman–Crippen MR) is 43.1 cm³/mol. The molecule has 5 heteroatoms. The summed E-state index contributed by atoms with van der Waals surface area (Å²) in [5, 5.41) is 0.239. The van der Waals surface area contributed by atoms with Gasteiger partial charge < -0.3 is 4.74 Å². The molecule has 0 unspecified atom stereocenters. The first kappa shape index (κ1) is 8.93. The van der Waals surface area contributed by atoms with Crippen LogP contribution >= 0.6 is 11.6 Å². The number of rotatable bonds is 1. The van der Waals surface area contributed by atoms with Gasteiger partial charge in [-0.15, -0.1) is 0 Å². The molecule has 12 heavy (non-hydrogen) atoms. The number of aromatic nitrogens is 2. The minimum atomic E-state index is -0.512. The quantitative estimate of drug-likeness (QED) is 0.489. The number of halogens is 1. The van der Waals surface area contributed by atoms with Gasteiger partial charge in [0.05, 0.1) is 7.11 Å². The Kier molecular flexibility index (Phi) is 2.60. The van der Waals surface area contributed by atoms with Gasteiger partial charge in [-0.3, -0.25) is 0 Å². The van der Waals surface area contributed by atoms with Crippen molar-refractivity contribution < 1.29 is 9.53 Å². The van der Waals surface area contributed by atoms with Gasteiger partial charge in [0.1, 0.15) is 11.0 Å². The summed E-state index contributed by atoms with van der Waals surface area (Å²) in [5.41, 5.74) is 0.176. The highest BCUT2D eigenvalue weighted by Crippen LogP contribution is 2.07. The molecule has 0 saturated heterocycles. The molecule has 0 radical (unpaired) electrons. The molecule has 1 aromatic heterocycles. The molecule has 1 heterocycles. The number of methoxy groups -OCH3 is 1. The summed E-state index contributed by atoms with van der Waals surface area (Å²) < 4.78 is 4.46. The Balaban J connectivity index is 3.08. The van der Waals surface area contributed by atoms with E-state index in [0.717, 1.165) is 0 Å². The fourth-order valence-electron chi connectivity index (χ4n) is 0.740. The van der Waals surface area contributed by atoms with Crippen LogP contribution in [0.1, 0.15) is 16.3 Å². The van der Waals surface area contributed by atoms with Crippen LogP contribution in [0.15, 0.2) is 6.07 Å². The predicted octanol–water partition coefficient (Wildman–Crippen LogP) is 1.23. The maximum atomic E-state index is 10.9. The number of hydrogen-bond donors (Lipinski definition) is 0. The van der Waals surface area contributed by atoms with Crippen molar-refractivity contribution in [1.29, 1.82) is 0 Å². The molecule has 0 amide bonds. The molecule has 0 atom stereocenters. The summed E-state index contributed by atoms with van der Waals surface area (Å²) in [6.45, 7) is 1.65. The lowest BCUT2D eigenvalue weighted by molar-refractivity contribution is 0.0593. The first-order valence-corrected chi connectivity index (χ1v) is 3.61. The third-order valence-electron chi connectivity index (χ3n) is 1.20. The summed E-state index contributed by atoms with van der Waals surface area (Å²) in [6, 6.07) is 1.36. The summed E-state index contributed by atoms with van der Waals surface area (Å²) >= 11 is 5.59. The van der Waals surface area contributed by atoms with E-state index in [9.17, 15) is 4.79 Å². The van der Waals surface area contributed by atoms with Crippen molar-refractivity contribution in [2.24, 2.45) is 0 Å². The van der Waals surface area contributed by atoms with E-state index in [0.29, 0.717) is 5.82 Å². The number of nitrogens with zero attached hydrogens (tertiary/aromatic N) is 2. The molecule has 0 aliphatic rings. The Morgan fingerprint density at radius 1 is 1.58 bits per heavy atom. The molecule has 0 saturated carbocycles. The van der Waals surface area contributed by atoms with Crippen LogP contribution in [0.4, 0.5) is 0 Å². The lowest BCUT2D eigenvalue weighted by Gasteiger charge is -1.99. The summed E-state index contributed by atoms with van der Waals surface area (Å²) in [7, 11) is 1.29. The Labute approximate surface area is 74.5 Å². The largest absolute Gasteiger partial charge is 0.464 e. The number of aryl methyl sites for hydroxylation is 1. The molecular formula is C7H7ClN2O2. The van der Waals surface area contributed by atoms with Crippen molar-refractivity contribution in [1.82, 2.24) is 9.97 Å². The Hall–Kier alpha value is -1.16. The van der Waals surface area contributed by atoms with Crippen molar-refractivity contribution in [3.8, 4) is 0 Å². The topological polar surface area (TPSA) is 52.1 Å². The van der Waals surface area contributed by atoms with Crippen molar-refractivity contribution in [3.63, 3.8) is 0 Å². The third kappa shape index (κ3) is 1.92. The van der Waals surface area contributed by atoms with E-state index in [2.05, 4.69) is 14.7 Å². The molecule has 0 aliphatic heterocycles. The smallest absolute Gasteiger partial charge is 0.356 e. The number of hydrogen-bond acceptors (Lipinski definition) is 4. The standard InChI is InChI=1S/C7H7ClN2O2/c1-4-9-5(7(11)12-2)3-6(8)10-4/h3H,1-2H3. The summed E-state index contributed by atoms with van der Waals surface area (Å²) in [5.74, 6) is -0.0645. The zero-order valence-electron chi connectivity index (χ0n) is 6.67. The SMILES string of the molecule is COC(=O)c1cc(Cl)nc(C)n1. The molecule has 4 nitrogen and oxygen atoms in total. The van der Waals surface area contributed by atoms with Crippen LogP contribution < -0.4 is 0 Å². The van der Waals surface area contributed by atoms with Gasteiger partial charge in [0.15, 0.2) is 5.69 Å². The molecule has 0 N–H and O–H groups in total. The van der Waals surface area contributed by atoms with Crippen molar-refractivity contribution in [2.75, 3.05) is 7.11 Å². The molecule has 64 valence electrons. The summed E-state index contributed by atoms with van der Waals surface area (Å²) in [6.07, 6.45) is 0. The third-order valence-corrected chi connectivity index (χ3v) is 1.39. The maximum Gasteiger partial charge on any atom is 0.356 e. The lowest BCUT2D eigenvalue weighted by Crippen LogP contribution is -2.06. The number of carbonyl (C=O) groups is 1. The van der Waals surface area contributed by atoms with E-state index in [1.165, 1.54) is 13.2 Å². The Morgan fingerprint density at radius 2 is 2.25 bits per heavy atom. The first-order valence-electron chi connectivity index (χ1n) is 3.23. The summed E-state index contributed by atoms with van der Waals surface area (Å²) in [4.78, 5) is 18.6. The highest BCUT2D eigenvalue weighted by molar-refractivity contribution is 6.29. The molecule has 1 aromatic rings. The van der Waals surface area contributed by atoms with Crippen LogP contribution in [0, 0.1) is 6.92 Å². The van der Waals surface area contributed by atoms with E-state index in [1.807, 2.05) is 0 Å². The molecule has 0 spiro atoms. The van der Waals surface area contributed by atoms with E-state index in [4.69, 9.17) is 11.6 Å². The van der Waals surface area contributed by atoms with Gasteiger partial charge in [-0.25, -0.2) is 14.8 Å². The molecule has 0 fully saturated rings. The monoisotopic (exact) mass is 186 g/mol. The van der Waals surface area contributed by atoms with Gasteiger partial charge in [-0.05, 0) is 6.92 Å². The number of esters is 1. The minimum Gasteiger partial charge on any atom is -0.464 e. The lowest BCUT2D eigenvalue weighted by atomic mass is 10.4. The average Bonchev–Trinajstić information content (AvgIpc) is 2.01. The second-order valence-corrected chi connectivity index (χ2v) is 2.50. The van der Waals surface area contributed by atoms with Crippen LogP contribution in [0.5, 0.6) is 0 Å². The fraction of sp³-hybridized carbons (Fsp3) is 0.286. The van der Waals surface area contributed by atoms with E-state index in [-0.39, 0.29) is 10.8 Å². The molecule has 0 bridgehead atoms. The van der Waals surface area contributed by atoms with Crippen LogP contribution in [-0.4, -0.2) is 23.0 Å². The van der Waals surface area contributed by atoms with Crippen molar-refractivity contribution in [2.45, 2.75) is 6.92 Å². The van der Waals surface area contributed by atoms with Crippen LogP contribution in [-0.2, 0) is 4.74 Å². The van der Waals surface area contributed by atoms with Gasteiger partial charge in [0, 0.05) is 6.07 Å². The number of ether oxygens (including phenoxy) is 1. The van der Waals surface area contributed by atoms with Gasteiger partial charge in [0.2, 0.25) is 0 Å². The second-order valence-electron chi connectivity index (χ2n) is 2.11.